The van der Waals surface area contributed by atoms with Gasteiger partial charge >= 0.3 is 0 Å². The Balaban J connectivity index is 0.000000258. The Kier molecular flexibility index (Phi) is 8.26. The molecule has 1 aliphatic heterocycles. The normalized spacial score (nSPS) is 18.0. The number of benzene rings is 1. The van der Waals surface area contributed by atoms with Gasteiger partial charge in [0, 0.05) is 24.3 Å². The minimum absolute atomic E-state index is 0.648. The van der Waals surface area contributed by atoms with E-state index in [0.717, 1.165) is 13.1 Å². The van der Waals surface area contributed by atoms with Gasteiger partial charge in [0.1, 0.15) is 0 Å². The van der Waals surface area contributed by atoms with E-state index in [1.165, 1.54) is 25.1 Å². The van der Waals surface area contributed by atoms with E-state index in [1.807, 2.05) is 6.07 Å². The number of hydrogen-bond acceptors (Lipinski definition) is 3. The van der Waals surface area contributed by atoms with E-state index in [4.69, 9.17) is 0 Å². The lowest BCUT2D eigenvalue weighted by Crippen LogP contribution is -2.29. The molecule has 2 rings (SSSR count). The number of nitrogens with one attached hydrogen (secondary N) is 3. The van der Waals surface area contributed by atoms with Crippen molar-refractivity contribution in [2.75, 3.05) is 25.0 Å². The van der Waals surface area contributed by atoms with Crippen molar-refractivity contribution in [1.82, 2.24) is 10.6 Å². The van der Waals surface area contributed by atoms with Gasteiger partial charge in [0.05, 0.1) is 0 Å². The van der Waals surface area contributed by atoms with E-state index in [2.05, 4.69) is 61.0 Å². The summed E-state index contributed by atoms with van der Waals surface area (Å²) in [6.07, 6.45) is 2.63. The smallest absolute Gasteiger partial charge is 0.0340 e. The van der Waals surface area contributed by atoms with Crippen molar-refractivity contribution in [2.24, 2.45) is 0 Å². The van der Waals surface area contributed by atoms with Crippen LogP contribution in [-0.4, -0.2) is 31.7 Å². The summed E-state index contributed by atoms with van der Waals surface area (Å²) in [4.78, 5) is 0. The average molecular weight is 263 g/mol. The molecule has 0 aliphatic carbocycles. The summed E-state index contributed by atoms with van der Waals surface area (Å²) in [6, 6.07) is 11.7. The molecule has 3 N–H and O–H groups in total. The van der Waals surface area contributed by atoms with E-state index in [0.29, 0.717) is 12.1 Å². The molecule has 1 saturated heterocycles. The number of hydrogen-bond donors (Lipinski definition) is 3. The van der Waals surface area contributed by atoms with Gasteiger partial charge in [-0.15, -0.1) is 0 Å². The molecule has 0 unspecified atom stereocenters. The van der Waals surface area contributed by atoms with Crippen LogP contribution in [0, 0.1) is 0 Å². The highest BCUT2D eigenvalue weighted by atomic mass is 15.0. The lowest BCUT2D eigenvalue weighted by molar-refractivity contribution is 0.613. The van der Waals surface area contributed by atoms with Gasteiger partial charge in [-0.1, -0.05) is 39.0 Å². The third-order valence-corrected chi connectivity index (χ3v) is 3.10. The van der Waals surface area contributed by atoms with Gasteiger partial charge in [0.15, 0.2) is 0 Å². The maximum Gasteiger partial charge on any atom is 0.0340 e. The lowest BCUT2D eigenvalue weighted by atomic mass is 10.2. The van der Waals surface area contributed by atoms with E-state index >= 15 is 0 Å². The van der Waals surface area contributed by atoms with Crippen molar-refractivity contribution < 1.29 is 0 Å². The molecule has 108 valence electrons. The molecule has 1 atom stereocenters. The first-order valence-corrected chi connectivity index (χ1v) is 7.48. The first kappa shape index (κ1) is 16.0. The minimum Gasteiger partial charge on any atom is -0.383 e. The van der Waals surface area contributed by atoms with Crippen LogP contribution in [0.2, 0.25) is 0 Å². The summed E-state index contributed by atoms with van der Waals surface area (Å²) in [5.74, 6) is 0. The maximum atomic E-state index is 3.46. The third kappa shape index (κ3) is 7.85. The van der Waals surface area contributed by atoms with Gasteiger partial charge in [0.25, 0.3) is 0 Å². The zero-order valence-corrected chi connectivity index (χ0v) is 12.6. The second kappa shape index (κ2) is 9.82. The molecule has 19 heavy (non-hydrogen) atoms. The van der Waals surface area contributed by atoms with Crippen LogP contribution in [-0.2, 0) is 0 Å². The van der Waals surface area contributed by atoms with Gasteiger partial charge in [-0.05, 0) is 38.1 Å². The van der Waals surface area contributed by atoms with Gasteiger partial charge < -0.3 is 16.0 Å². The highest BCUT2D eigenvalue weighted by molar-refractivity contribution is 5.42. The standard InChI is InChI=1S/C11H16N2.C5H13N/c1-2-5-10(6-3-1)13-9-11-7-4-8-12-11;1-4-6-5(2)3/h1-3,5-6,11-13H,4,7-9H2;5-6H,4H2,1-3H3/t11-;/m0./s1. The Hall–Kier alpha value is -1.06. The van der Waals surface area contributed by atoms with E-state index in [1.54, 1.807) is 0 Å². The molecule has 0 aromatic heterocycles. The Bertz CT molecular complexity index is 305. The topological polar surface area (TPSA) is 36.1 Å². The van der Waals surface area contributed by atoms with Crippen LogP contribution in [0.3, 0.4) is 0 Å². The molecule has 1 aliphatic rings. The summed E-state index contributed by atoms with van der Waals surface area (Å²) < 4.78 is 0. The third-order valence-electron chi connectivity index (χ3n) is 3.10. The van der Waals surface area contributed by atoms with E-state index in [9.17, 15) is 0 Å². The average Bonchev–Trinajstić information content (AvgIpc) is 2.91. The highest BCUT2D eigenvalue weighted by Gasteiger charge is 2.12. The van der Waals surface area contributed by atoms with Crippen molar-refractivity contribution in [1.29, 1.82) is 0 Å². The molecule has 0 amide bonds. The molecule has 1 fully saturated rings. The Morgan fingerprint density at radius 3 is 2.47 bits per heavy atom. The predicted molar refractivity (Wildman–Crippen MR) is 84.8 cm³/mol. The second-order valence-electron chi connectivity index (χ2n) is 5.25. The van der Waals surface area contributed by atoms with Crippen LogP contribution >= 0.6 is 0 Å². The van der Waals surface area contributed by atoms with Gasteiger partial charge in [0.2, 0.25) is 0 Å². The molecular formula is C16H29N3. The highest BCUT2D eigenvalue weighted by Crippen LogP contribution is 2.08. The largest absolute Gasteiger partial charge is 0.383 e. The molecule has 1 aromatic carbocycles. The van der Waals surface area contributed by atoms with Crippen molar-refractivity contribution in [3.8, 4) is 0 Å². The Morgan fingerprint density at radius 2 is 2.00 bits per heavy atom. The van der Waals surface area contributed by atoms with Gasteiger partial charge in [-0.25, -0.2) is 0 Å². The van der Waals surface area contributed by atoms with E-state index in [-0.39, 0.29) is 0 Å². The Morgan fingerprint density at radius 1 is 1.26 bits per heavy atom. The number of para-hydroxylation sites is 1. The zero-order chi connectivity index (χ0) is 13.9. The van der Waals surface area contributed by atoms with E-state index < -0.39 is 0 Å². The van der Waals surface area contributed by atoms with Crippen molar-refractivity contribution in [3.63, 3.8) is 0 Å². The van der Waals surface area contributed by atoms with Crippen LogP contribution in [0.4, 0.5) is 5.69 Å². The molecule has 0 saturated carbocycles. The van der Waals surface area contributed by atoms with Crippen LogP contribution in [0.25, 0.3) is 0 Å². The minimum atomic E-state index is 0.648. The van der Waals surface area contributed by atoms with Crippen molar-refractivity contribution in [3.05, 3.63) is 30.3 Å². The molecule has 0 spiro atoms. The summed E-state index contributed by atoms with van der Waals surface area (Å²) in [5.41, 5.74) is 1.22. The molecule has 3 nitrogen and oxygen atoms in total. The fourth-order valence-corrected chi connectivity index (χ4v) is 2.14. The first-order chi connectivity index (χ1) is 9.22. The first-order valence-electron chi connectivity index (χ1n) is 7.48. The van der Waals surface area contributed by atoms with Crippen LogP contribution in [0.15, 0.2) is 30.3 Å². The second-order valence-corrected chi connectivity index (χ2v) is 5.25. The fourth-order valence-electron chi connectivity index (χ4n) is 2.14. The molecule has 0 radical (unpaired) electrons. The quantitative estimate of drug-likeness (QED) is 0.764. The zero-order valence-electron chi connectivity index (χ0n) is 12.6. The summed E-state index contributed by atoms with van der Waals surface area (Å²) >= 11 is 0. The lowest BCUT2D eigenvalue weighted by Gasteiger charge is -2.12. The molecule has 0 bridgehead atoms. The number of rotatable bonds is 5. The molecule has 3 heteroatoms. The maximum absolute atomic E-state index is 3.46. The molecule has 1 aromatic rings. The summed E-state index contributed by atoms with van der Waals surface area (Å²) in [5, 5.41) is 10.1. The summed E-state index contributed by atoms with van der Waals surface area (Å²) in [6.45, 7) is 9.70. The van der Waals surface area contributed by atoms with Crippen LogP contribution in [0.1, 0.15) is 33.6 Å². The van der Waals surface area contributed by atoms with Crippen molar-refractivity contribution in [2.45, 2.75) is 45.7 Å². The molecular weight excluding hydrogens is 234 g/mol. The van der Waals surface area contributed by atoms with Crippen LogP contribution < -0.4 is 16.0 Å². The number of anilines is 1. The fraction of sp³-hybridized carbons (Fsp3) is 0.625. The SMILES string of the molecule is CCNC(C)C.c1ccc(NC[C@@H]2CCCN2)cc1. The van der Waals surface area contributed by atoms with Gasteiger partial charge in [-0.2, -0.15) is 0 Å². The van der Waals surface area contributed by atoms with Crippen molar-refractivity contribution >= 4 is 5.69 Å². The summed E-state index contributed by atoms with van der Waals surface area (Å²) in [7, 11) is 0. The monoisotopic (exact) mass is 263 g/mol. The van der Waals surface area contributed by atoms with Crippen LogP contribution in [0.5, 0.6) is 0 Å². The predicted octanol–water partition coefficient (Wildman–Crippen LogP) is 2.85. The molecule has 1 heterocycles. The van der Waals surface area contributed by atoms with Gasteiger partial charge in [-0.3, -0.25) is 0 Å². The Labute approximate surface area is 118 Å².